The van der Waals surface area contributed by atoms with Crippen LogP contribution in [0.2, 0.25) is 5.02 Å². The largest absolute Gasteiger partial charge is 0.381 e. The zero-order chi connectivity index (χ0) is 13.2. The highest BCUT2D eigenvalue weighted by atomic mass is 35.5. The third-order valence-corrected chi connectivity index (χ3v) is 3.74. The highest BCUT2D eigenvalue weighted by Crippen LogP contribution is 2.22. The van der Waals surface area contributed by atoms with Crippen molar-refractivity contribution < 1.29 is 0 Å². The van der Waals surface area contributed by atoms with Gasteiger partial charge in [0.2, 0.25) is 0 Å². The van der Waals surface area contributed by atoms with E-state index in [4.69, 9.17) is 11.6 Å². The van der Waals surface area contributed by atoms with Gasteiger partial charge in [-0.1, -0.05) is 35.9 Å². The summed E-state index contributed by atoms with van der Waals surface area (Å²) < 4.78 is 0. The zero-order valence-corrected chi connectivity index (χ0v) is 11.5. The summed E-state index contributed by atoms with van der Waals surface area (Å²) >= 11 is 6.12. The molecule has 0 saturated heterocycles. The van der Waals surface area contributed by atoms with E-state index in [1.54, 1.807) is 0 Å². The van der Waals surface area contributed by atoms with E-state index in [0.717, 1.165) is 22.8 Å². The molecule has 0 unspecified atom stereocenters. The first kappa shape index (κ1) is 12.1. The van der Waals surface area contributed by atoms with Crippen LogP contribution in [0.25, 0.3) is 10.9 Å². The van der Waals surface area contributed by atoms with E-state index in [2.05, 4.69) is 34.6 Å². The van der Waals surface area contributed by atoms with Crippen LogP contribution >= 0.6 is 11.6 Å². The van der Waals surface area contributed by atoms with E-state index in [1.165, 1.54) is 16.5 Å². The first-order valence-corrected chi connectivity index (χ1v) is 6.67. The van der Waals surface area contributed by atoms with E-state index in [-0.39, 0.29) is 0 Å². The number of benzene rings is 2. The average molecular weight is 271 g/mol. The Balaban J connectivity index is 1.80. The van der Waals surface area contributed by atoms with Crippen molar-refractivity contribution in [3.8, 4) is 0 Å². The molecular weight excluding hydrogens is 256 g/mol. The van der Waals surface area contributed by atoms with Crippen LogP contribution in [0.5, 0.6) is 0 Å². The second-order valence-electron chi connectivity index (χ2n) is 4.68. The molecule has 3 rings (SSSR count). The predicted molar refractivity (Wildman–Crippen MR) is 81.8 cm³/mol. The number of H-pyrrole nitrogens is 1. The van der Waals surface area contributed by atoms with Crippen LogP contribution in [0.1, 0.15) is 11.1 Å². The first-order chi connectivity index (χ1) is 9.24. The number of rotatable bonds is 3. The summed E-state index contributed by atoms with van der Waals surface area (Å²) in [5, 5.41) is 5.46. The van der Waals surface area contributed by atoms with Crippen LogP contribution in [-0.2, 0) is 6.54 Å². The Hall–Kier alpha value is -1.93. The molecular formula is C16H15ClN2. The standard InChI is InChI=1S/C16H15ClN2/c1-11-6-7-13(8-15(11)17)18-9-12-10-19-16-5-3-2-4-14(12)16/h2-8,10,18-19H,9H2,1H3. The van der Waals surface area contributed by atoms with Gasteiger partial charge in [-0.2, -0.15) is 0 Å². The van der Waals surface area contributed by atoms with Crippen LogP contribution in [0.3, 0.4) is 0 Å². The van der Waals surface area contributed by atoms with Gasteiger partial charge in [0.1, 0.15) is 0 Å². The smallest absolute Gasteiger partial charge is 0.0457 e. The number of halogens is 1. The van der Waals surface area contributed by atoms with Crippen molar-refractivity contribution in [3.05, 3.63) is 64.8 Å². The molecule has 2 aromatic carbocycles. The Morgan fingerprint density at radius 1 is 1.16 bits per heavy atom. The molecule has 3 heteroatoms. The van der Waals surface area contributed by atoms with Crippen molar-refractivity contribution in [2.45, 2.75) is 13.5 Å². The summed E-state index contributed by atoms with van der Waals surface area (Å²) in [6.45, 7) is 2.79. The lowest BCUT2D eigenvalue weighted by atomic mass is 10.1. The van der Waals surface area contributed by atoms with Gasteiger partial charge in [-0.3, -0.25) is 0 Å². The first-order valence-electron chi connectivity index (χ1n) is 6.29. The molecule has 0 aliphatic rings. The molecule has 0 spiro atoms. The fourth-order valence-corrected chi connectivity index (χ4v) is 2.36. The molecule has 1 aromatic heterocycles. The molecule has 2 nitrogen and oxygen atoms in total. The maximum absolute atomic E-state index is 6.12. The van der Waals surface area contributed by atoms with Crippen LogP contribution in [-0.4, -0.2) is 4.98 Å². The Morgan fingerprint density at radius 2 is 2.00 bits per heavy atom. The molecule has 0 saturated carbocycles. The molecule has 2 N–H and O–H groups in total. The fraction of sp³-hybridized carbons (Fsp3) is 0.125. The van der Waals surface area contributed by atoms with Gasteiger partial charge in [0.15, 0.2) is 0 Å². The molecule has 96 valence electrons. The minimum atomic E-state index is 0.781. The monoisotopic (exact) mass is 270 g/mol. The van der Waals surface area contributed by atoms with Crippen molar-refractivity contribution >= 4 is 28.2 Å². The summed E-state index contributed by atoms with van der Waals surface area (Å²) in [4.78, 5) is 3.28. The quantitative estimate of drug-likeness (QED) is 0.707. The summed E-state index contributed by atoms with van der Waals surface area (Å²) in [6, 6.07) is 14.4. The minimum absolute atomic E-state index is 0.781. The molecule has 0 bridgehead atoms. The van der Waals surface area contributed by atoms with Crippen LogP contribution in [0, 0.1) is 6.92 Å². The number of anilines is 1. The third-order valence-electron chi connectivity index (χ3n) is 3.33. The molecule has 0 aliphatic carbocycles. The zero-order valence-electron chi connectivity index (χ0n) is 10.7. The number of fused-ring (bicyclic) bond motifs is 1. The van der Waals surface area contributed by atoms with E-state index in [1.807, 2.05) is 31.3 Å². The van der Waals surface area contributed by atoms with E-state index < -0.39 is 0 Å². The maximum Gasteiger partial charge on any atom is 0.0457 e. The van der Waals surface area contributed by atoms with E-state index in [0.29, 0.717) is 0 Å². The summed E-state index contributed by atoms with van der Waals surface area (Å²) in [5.74, 6) is 0. The number of hydrogen-bond donors (Lipinski definition) is 2. The highest BCUT2D eigenvalue weighted by Gasteiger charge is 2.03. The van der Waals surface area contributed by atoms with Crippen molar-refractivity contribution in [1.29, 1.82) is 0 Å². The fourth-order valence-electron chi connectivity index (χ4n) is 2.18. The van der Waals surface area contributed by atoms with Crippen molar-refractivity contribution in [1.82, 2.24) is 4.98 Å². The highest BCUT2D eigenvalue weighted by molar-refractivity contribution is 6.31. The average Bonchev–Trinajstić information content (AvgIpc) is 2.83. The lowest BCUT2D eigenvalue weighted by Crippen LogP contribution is -1.98. The van der Waals surface area contributed by atoms with Gasteiger partial charge in [0.05, 0.1) is 0 Å². The SMILES string of the molecule is Cc1ccc(NCc2c[nH]c3ccccc23)cc1Cl. The Labute approximate surface area is 117 Å². The van der Waals surface area contributed by atoms with Gasteiger partial charge in [-0.05, 0) is 36.2 Å². The summed E-state index contributed by atoms with van der Waals surface area (Å²) in [5.41, 5.74) is 4.56. The maximum atomic E-state index is 6.12. The van der Waals surface area contributed by atoms with Crippen molar-refractivity contribution in [2.24, 2.45) is 0 Å². The van der Waals surface area contributed by atoms with Crippen LogP contribution < -0.4 is 5.32 Å². The number of nitrogens with one attached hydrogen (secondary N) is 2. The molecule has 19 heavy (non-hydrogen) atoms. The molecule has 0 radical (unpaired) electrons. The second kappa shape index (κ2) is 4.98. The van der Waals surface area contributed by atoms with E-state index in [9.17, 15) is 0 Å². The molecule has 0 aliphatic heterocycles. The van der Waals surface area contributed by atoms with Crippen LogP contribution in [0.4, 0.5) is 5.69 Å². The molecule has 3 aromatic rings. The third kappa shape index (κ3) is 2.45. The molecule has 0 fully saturated rings. The van der Waals surface area contributed by atoms with Gasteiger partial charge in [0.25, 0.3) is 0 Å². The number of aryl methyl sites for hydroxylation is 1. The van der Waals surface area contributed by atoms with Gasteiger partial charge in [-0.15, -0.1) is 0 Å². The van der Waals surface area contributed by atoms with Crippen molar-refractivity contribution in [2.75, 3.05) is 5.32 Å². The molecule has 0 amide bonds. The number of aromatic nitrogens is 1. The Bertz CT molecular complexity index is 716. The van der Waals surface area contributed by atoms with E-state index >= 15 is 0 Å². The van der Waals surface area contributed by atoms with Gasteiger partial charge in [0, 0.05) is 34.4 Å². The number of hydrogen-bond acceptors (Lipinski definition) is 1. The number of aromatic amines is 1. The lowest BCUT2D eigenvalue weighted by molar-refractivity contribution is 1.16. The minimum Gasteiger partial charge on any atom is -0.381 e. The summed E-state index contributed by atoms with van der Waals surface area (Å²) in [6.07, 6.45) is 2.05. The summed E-state index contributed by atoms with van der Waals surface area (Å²) in [7, 11) is 0. The van der Waals surface area contributed by atoms with Crippen molar-refractivity contribution in [3.63, 3.8) is 0 Å². The van der Waals surface area contributed by atoms with Gasteiger partial charge in [-0.25, -0.2) is 0 Å². The number of para-hydroxylation sites is 1. The molecule has 1 heterocycles. The second-order valence-corrected chi connectivity index (χ2v) is 5.08. The van der Waals surface area contributed by atoms with Gasteiger partial charge >= 0.3 is 0 Å². The van der Waals surface area contributed by atoms with Crippen LogP contribution in [0.15, 0.2) is 48.7 Å². The lowest BCUT2D eigenvalue weighted by Gasteiger charge is -2.07. The molecule has 0 atom stereocenters. The Kier molecular flexibility index (Phi) is 3.18. The normalized spacial score (nSPS) is 10.8. The Morgan fingerprint density at radius 3 is 2.84 bits per heavy atom. The van der Waals surface area contributed by atoms with Gasteiger partial charge < -0.3 is 10.3 Å². The predicted octanol–water partition coefficient (Wildman–Crippen LogP) is 4.74. The topological polar surface area (TPSA) is 27.8 Å².